The minimum atomic E-state index is -3.33. The molecular formula is C11H19ClO2S. The Morgan fingerprint density at radius 1 is 1.33 bits per heavy atom. The first-order valence-corrected chi connectivity index (χ1v) is 8.02. The van der Waals surface area contributed by atoms with Gasteiger partial charge in [-0.1, -0.05) is 20.3 Å². The number of hydrogen-bond acceptors (Lipinski definition) is 2. The van der Waals surface area contributed by atoms with Crippen LogP contribution in [0.3, 0.4) is 0 Å². The van der Waals surface area contributed by atoms with Crippen LogP contribution in [0.25, 0.3) is 0 Å². The zero-order valence-electron chi connectivity index (χ0n) is 9.42. The molecule has 0 bridgehead atoms. The van der Waals surface area contributed by atoms with E-state index in [0.717, 1.165) is 31.6 Å². The topological polar surface area (TPSA) is 34.1 Å². The number of hydrogen-bond donors (Lipinski definition) is 0. The fourth-order valence-corrected chi connectivity index (χ4v) is 4.17. The van der Waals surface area contributed by atoms with Gasteiger partial charge in [-0.3, -0.25) is 0 Å². The van der Waals surface area contributed by atoms with Crippen LogP contribution in [0.5, 0.6) is 0 Å². The maximum absolute atomic E-state index is 11.3. The molecule has 2 aliphatic rings. The van der Waals surface area contributed by atoms with E-state index in [9.17, 15) is 8.42 Å². The first-order valence-electron chi connectivity index (χ1n) is 5.71. The van der Waals surface area contributed by atoms with Gasteiger partial charge in [-0.05, 0) is 43.4 Å². The molecule has 0 amide bonds. The highest BCUT2D eigenvalue weighted by molar-refractivity contribution is 8.15. The molecule has 0 radical (unpaired) electrons. The van der Waals surface area contributed by atoms with Crippen molar-refractivity contribution in [2.24, 2.45) is 11.3 Å². The van der Waals surface area contributed by atoms with E-state index in [1.54, 1.807) is 0 Å². The van der Waals surface area contributed by atoms with Gasteiger partial charge in [-0.2, -0.15) is 0 Å². The van der Waals surface area contributed by atoms with Crippen molar-refractivity contribution in [1.82, 2.24) is 0 Å². The van der Waals surface area contributed by atoms with E-state index in [2.05, 4.69) is 13.8 Å². The fourth-order valence-electron chi connectivity index (χ4n) is 2.49. The molecule has 2 saturated carbocycles. The van der Waals surface area contributed by atoms with Crippen LogP contribution in [0.15, 0.2) is 0 Å². The molecule has 2 rings (SSSR count). The van der Waals surface area contributed by atoms with Gasteiger partial charge < -0.3 is 0 Å². The van der Waals surface area contributed by atoms with Crippen molar-refractivity contribution >= 4 is 19.7 Å². The third kappa shape index (κ3) is 2.33. The summed E-state index contributed by atoms with van der Waals surface area (Å²) in [6, 6.07) is 0. The van der Waals surface area contributed by atoms with Crippen LogP contribution >= 0.6 is 10.7 Å². The monoisotopic (exact) mass is 250 g/mol. The van der Waals surface area contributed by atoms with E-state index in [0.29, 0.717) is 5.41 Å². The summed E-state index contributed by atoms with van der Waals surface area (Å²) < 4.78 is 22.1. The Hall–Kier alpha value is 0.240. The highest BCUT2D eigenvalue weighted by Crippen LogP contribution is 2.55. The number of halogens is 1. The second kappa shape index (κ2) is 3.36. The highest BCUT2D eigenvalue weighted by Gasteiger charge is 2.53. The summed E-state index contributed by atoms with van der Waals surface area (Å²) in [6.45, 7) is 4.56. The van der Waals surface area contributed by atoms with E-state index < -0.39 is 13.8 Å². The molecule has 2 fully saturated rings. The Morgan fingerprint density at radius 2 is 1.87 bits per heavy atom. The summed E-state index contributed by atoms with van der Waals surface area (Å²) in [5, 5.41) is 0. The van der Waals surface area contributed by atoms with Gasteiger partial charge in [-0.25, -0.2) is 8.42 Å². The van der Waals surface area contributed by atoms with Crippen molar-refractivity contribution in [3.8, 4) is 0 Å². The average molecular weight is 251 g/mol. The average Bonchev–Trinajstić information content (AvgIpc) is 2.90. The van der Waals surface area contributed by atoms with Crippen LogP contribution in [0.1, 0.15) is 52.4 Å². The minimum absolute atomic E-state index is 0.510. The van der Waals surface area contributed by atoms with E-state index in [4.69, 9.17) is 10.7 Å². The zero-order chi connectivity index (χ0) is 11.3. The van der Waals surface area contributed by atoms with Crippen molar-refractivity contribution in [1.29, 1.82) is 0 Å². The molecule has 4 heteroatoms. The zero-order valence-corrected chi connectivity index (χ0v) is 11.0. The highest BCUT2D eigenvalue weighted by atomic mass is 35.7. The predicted molar refractivity (Wildman–Crippen MR) is 62.5 cm³/mol. The molecule has 1 unspecified atom stereocenters. The van der Waals surface area contributed by atoms with Crippen molar-refractivity contribution in [3.05, 3.63) is 0 Å². The molecule has 0 saturated heterocycles. The Kier molecular flexibility index (Phi) is 2.63. The Bertz CT molecular complexity index is 355. The second-order valence-electron chi connectivity index (χ2n) is 5.90. The maximum atomic E-state index is 11.3. The molecule has 88 valence electrons. The molecule has 15 heavy (non-hydrogen) atoms. The smallest absolute Gasteiger partial charge is 0.212 e. The van der Waals surface area contributed by atoms with E-state index >= 15 is 0 Å². The molecule has 0 heterocycles. The second-order valence-corrected chi connectivity index (χ2v) is 8.86. The number of rotatable bonds is 5. The van der Waals surface area contributed by atoms with Gasteiger partial charge in [0, 0.05) is 10.7 Å². The minimum Gasteiger partial charge on any atom is -0.212 e. The largest absolute Gasteiger partial charge is 0.238 e. The normalized spacial score (nSPS) is 31.3. The van der Waals surface area contributed by atoms with Crippen LogP contribution < -0.4 is 0 Å². The van der Waals surface area contributed by atoms with Crippen molar-refractivity contribution in [2.75, 3.05) is 0 Å². The van der Waals surface area contributed by atoms with Crippen molar-refractivity contribution in [2.45, 2.75) is 57.1 Å². The van der Waals surface area contributed by atoms with Gasteiger partial charge >= 0.3 is 0 Å². The van der Waals surface area contributed by atoms with Crippen molar-refractivity contribution < 1.29 is 8.42 Å². The Morgan fingerprint density at radius 3 is 2.20 bits per heavy atom. The molecular weight excluding hydrogens is 232 g/mol. The summed E-state index contributed by atoms with van der Waals surface area (Å²) >= 11 is 0. The van der Waals surface area contributed by atoms with Crippen LogP contribution in [0, 0.1) is 11.3 Å². The predicted octanol–water partition coefficient (Wildman–Crippen LogP) is 3.30. The third-order valence-corrected chi connectivity index (χ3v) is 6.86. The molecule has 0 aromatic rings. The summed E-state index contributed by atoms with van der Waals surface area (Å²) in [5.41, 5.74) is 0.510. The summed E-state index contributed by atoms with van der Waals surface area (Å²) in [4.78, 5) is 0. The van der Waals surface area contributed by atoms with E-state index in [1.165, 1.54) is 12.8 Å². The van der Waals surface area contributed by atoms with Gasteiger partial charge in [-0.15, -0.1) is 0 Å². The summed E-state index contributed by atoms with van der Waals surface area (Å²) in [7, 11) is 2.12. The summed E-state index contributed by atoms with van der Waals surface area (Å²) in [6.07, 6.45) is 5.79. The lowest BCUT2D eigenvalue weighted by atomic mass is 10.0. The maximum Gasteiger partial charge on any atom is 0.238 e. The fraction of sp³-hybridized carbons (Fsp3) is 1.00. The van der Waals surface area contributed by atoms with Crippen molar-refractivity contribution in [3.63, 3.8) is 0 Å². The van der Waals surface area contributed by atoms with Gasteiger partial charge in [0.15, 0.2) is 0 Å². The van der Waals surface area contributed by atoms with Crippen LogP contribution in [0.4, 0.5) is 0 Å². The molecule has 1 atom stereocenters. The molecule has 2 aliphatic carbocycles. The standard InChI is InChI=1S/C11H19ClO2S/c1-10(2)8-9(10)4-3-5-11(6-7-11)15(12,13)14/h9H,3-8H2,1-2H3. The lowest BCUT2D eigenvalue weighted by Crippen LogP contribution is -2.17. The van der Waals surface area contributed by atoms with Crippen LogP contribution in [-0.2, 0) is 9.05 Å². The Balaban J connectivity index is 1.76. The van der Waals surface area contributed by atoms with Gasteiger partial charge in [0.25, 0.3) is 0 Å². The molecule has 0 aromatic heterocycles. The third-order valence-electron chi connectivity index (χ3n) is 4.23. The quantitative estimate of drug-likeness (QED) is 0.702. The van der Waals surface area contributed by atoms with E-state index in [1.807, 2.05) is 0 Å². The van der Waals surface area contributed by atoms with Crippen LogP contribution in [0.2, 0.25) is 0 Å². The van der Waals surface area contributed by atoms with Gasteiger partial charge in [0.05, 0.1) is 4.75 Å². The lowest BCUT2D eigenvalue weighted by Gasteiger charge is -2.11. The molecule has 0 spiro atoms. The first kappa shape index (κ1) is 11.7. The van der Waals surface area contributed by atoms with Gasteiger partial charge in [0.1, 0.15) is 0 Å². The van der Waals surface area contributed by atoms with Gasteiger partial charge in [0.2, 0.25) is 9.05 Å². The summed E-state index contributed by atoms with van der Waals surface area (Å²) in [5.74, 6) is 0.811. The van der Waals surface area contributed by atoms with Crippen LogP contribution in [-0.4, -0.2) is 13.2 Å². The molecule has 0 N–H and O–H groups in total. The lowest BCUT2D eigenvalue weighted by molar-refractivity contribution is 0.498. The SMILES string of the molecule is CC1(C)CC1CCCC1(S(=O)(=O)Cl)CC1. The van der Waals surface area contributed by atoms with E-state index in [-0.39, 0.29) is 0 Å². The molecule has 0 aromatic carbocycles. The molecule has 0 aliphatic heterocycles. The molecule has 2 nitrogen and oxygen atoms in total. The first-order chi connectivity index (χ1) is 6.77. The Labute approximate surface area is 96.8 Å².